The van der Waals surface area contributed by atoms with Crippen LogP contribution in [0.1, 0.15) is 37.5 Å². The molecular weight excluding hydrogens is 340 g/mol. The maximum Gasteiger partial charge on any atom is 0.321 e. The molecule has 0 spiro atoms. The highest BCUT2D eigenvalue weighted by atomic mass is 16.6. The first kappa shape index (κ1) is 20.4. The molecule has 27 heavy (non-hydrogen) atoms. The molecule has 0 N–H and O–H groups in total. The summed E-state index contributed by atoms with van der Waals surface area (Å²) < 4.78 is 10.8. The van der Waals surface area contributed by atoms with E-state index in [1.165, 1.54) is 0 Å². The average Bonchev–Trinajstić information content (AvgIpc) is 2.64. The van der Waals surface area contributed by atoms with Gasteiger partial charge in [-0.1, -0.05) is 67.3 Å². The Morgan fingerprint density at radius 1 is 0.963 bits per heavy atom. The third kappa shape index (κ3) is 6.74. The normalized spacial score (nSPS) is 12.1. The Bertz CT molecular complexity index is 770. The predicted molar refractivity (Wildman–Crippen MR) is 106 cm³/mol. The molecule has 0 aliphatic rings. The number of carbonyl (C=O) groups excluding carboxylic acids is 2. The van der Waals surface area contributed by atoms with Crippen molar-refractivity contribution in [3.8, 4) is 0 Å². The lowest BCUT2D eigenvalue weighted by atomic mass is 9.98. The zero-order valence-electron chi connectivity index (χ0n) is 16.1. The Labute approximate surface area is 160 Å². The van der Waals surface area contributed by atoms with Crippen molar-refractivity contribution in [1.82, 2.24) is 0 Å². The van der Waals surface area contributed by atoms with Gasteiger partial charge in [-0.3, -0.25) is 9.59 Å². The molecular formula is C23H26O4. The second-order valence-corrected chi connectivity index (χ2v) is 7.33. The molecule has 0 amide bonds. The van der Waals surface area contributed by atoms with Gasteiger partial charge in [0.2, 0.25) is 0 Å². The molecule has 2 rings (SSSR count). The zero-order chi connectivity index (χ0) is 19.9. The summed E-state index contributed by atoms with van der Waals surface area (Å²) in [4.78, 5) is 25.2. The Kier molecular flexibility index (Phi) is 6.94. The van der Waals surface area contributed by atoms with Crippen LogP contribution in [0.2, 0.25) is 0 Å². The molecule has 0 aliphatic carbocycles. The molecule has 0 saturated carbocycles. The maximum absolute atomic E-state index is 12.6. The van der Waals surface area contributed by atoms with E-state index >= 15 is 0 Å². The van der Waals surface area contributed by atoms with Gasteiger partial charge in [0.05, 0.1) is 0 Å². The van der Waals surface area contributed by atoms with Crippen LogP contribution in [0.15, 0.2) is 61.2 Å². The molecule has 1 unspecified atom stereocenters. The minimum Gasteiger partial charge on any atom is -0.460 e. The molecule has 0 bridgehead atoms. The predicted octanol–water partition coefficient (Wildman–Crippen LogP) is 4.57. The van der Waals surface area contributed by atoms with E-state index < -0.39 is 23.5 Å². The van der Waals surface area contributed by atoms with E-state index in [-0.39, 0.29) is 13.0 Å². The van der Waals surface area contributed by atoms with Gasteiger partial charge in [0.25, 0.3) is 0 Å². The third-order valence-electron chi connectivity index (χ3n) is 3.85. The van der Waals surface area contributed by atoms with Gasteiger partial charge in [-0.05, 0) is 43.9 Å². The standard InChI is InChI=1S/C23H26O4/c1-5-17-11-13-18(14-12-17)15-20(22(25)27-23(2,3)4)21(24)26-16-19-9-7-6-8-10-19/h5-14,20H,1,15-16H2,2-4H3. The second-order valence-electron chi connectivity index (χ2n) is 7.33. The number of hydrogen-bond donors (Lipinski definition) is 0. The Morgan fingerprint density at radius 3 is 2.15 bits per heavy atom. The molecule has 0 saturated heterocycles. The molecule has 0 radical (unpaired) electrons. The molecule has 4 heteroatoms. The van der Waals surface area contributed by atoms with E-state index in [9.17, 15) is 9.59 Å². The summed E-state index contributed by atoms with van der Waals surface area (Å²) >= 11 is 0. The summed E-state index contributed by atoms with van der Waals surface area (Å²) in [6, 6.07) is 16.9. The SMILES string of the molecule is C=Cc1ccc(CC(C(=O)OCc2ccccc2)C(=O)OC(C)(C)C)cc1. The molecule has 142 valence electrons. The smallest absolute Gasteiger partial charge is 0.321 e. The minimum absolute atomic E-state index is 0.119. The second kappa shape index (κ2) is 9.17. The molecule has 2 aromatic rings. The van der Waals surface area contributed by atoms with Crippen LogP contribution in [0.5, 0.6) is 0 Å². The summed E-state index contributed by atoms with van der Waals surface area (Å²) in [5.74, 6) is -2.17. The monoisotopic (exact) mass is 366 g/mol. The fourth-order valence-corrected chi connectivity index (χ4v) is 2.49. The highest BCUT2D eigenvalue weighted by molar-refractivity contribution is 5.95. The number of ether oxygens (including phenoxy) is 2. The van der Waals surface area contributed by atoms with Gasteiger partial charge in [0, 0.05) is 0 Å². The Hall–Kier alpha value is -2.88. The minimum atomic E-state index is -1.01. The summed E-state index contributed by atoms with van der Waals surface area (Å²) in [5.41, 5.74) is 2.01. The number of hydrogen-bond acceptors (Lipinski definition) is 4. The van der Waals surface area contributed by atoms with Gasteiger partial charge < -0.3 is 9.47 Å². The largest absolute Gasteiger partial charge is 0.460 e. The van der Waals surface area contributed by atoms with Crippen molar-refractivity contribution in [2.45, 2.75) is 39.4 Å². The Balaban J connectivity index is 2.13. The fraction of sp³-hybridized carbons (Fsp3) is 0.304. The lowest BCUT2D eigenvalue weighted by Crippen LogP contribution is -2.35. The third-order valence-corrected chi connectivity index (χ3v) is 3.85. The van der Waals surface area contributed by atoms with Crippen molar-refractivity contribution >= 4 is 18.0 Å². The topological polar surface area (TPSA) is 52.6 Å². The van der Waals surface area contributed by atoms with Crippen LogP contribution in [-0.2, 0) is 32.1 Å². The number of esters is 2. The number of carbonyl (C=O) groups is 2. The van der Waals surface area contributed by atoms with E-state index in [1.807, 2.05) is 54.6 Å². The van der Waals surface area contributed by atoms with Crippen LogP contribution in [0.25, 0.3) is 6.08 Å². The van der Waals surface area contributed by atoms with Crippen molar-refractivity contribution in [2.75, 3.05) is 0 Å². The van der Waals surface area contributed by atoms with E-state index in [4.69, 9.17) is 9.47 Å². The van der Waals surface area contributed by atoms with Crippen molar-refractivity contribution in [3.63, 3.8) is 0 Å². The van der Waals surface area contributed by atoms with E-state index in [2.05, 4.69) is 6.58 Å². The molecule has 1 atom stereocenters. The van der Waals surface area contributed by atoms with Crippen LogP contribution in [-0.4, -0.2) is 17.5 Å². The highest BCUT2D eigenvalue weighted by Gasteiger charge is 2.32. The fourth-order valence-electron chi connectivity index (χ4n) is 2.49. The molecule has 4 nitrogen and oxygen atoms in total. The van der Waals surface area contributed by atoms with Crippen molar-refractivity contribution in [2.24, 2.45) is 5.92 Å². The quantitative estimate of drug-likeness (QED) is 0.532. The van der Waals surface area contributed by atoms with E-state index in [1.54, 1.807) is 26.8 Å². The van der Waals surface area contributed by atoms with Crippen molar-refractivity contribution in [1.29, 1.82) is 0 Å². The molecule has 0 aliphatic heterocycles. The summed E-state index contributed by atoms with van der Waals surface area (Å²) in [5, 5.41) is 0. The molecule has 0 aromatic heterocycles. The van der Waals surface area contributed by atoms with Crippen molar-refractivity contribution < 1.29 is 19.1 Å². The molecule has 0 fully saturated rings. The van der Waals surface area contributed by atoms with Crippen LogP contribution in [0.3, 0.4) is 0 Å². The van der Waals surface area contributed by atoms with Gasteiger partial charge in [-0.25, -0.2) is 0 Å². The van der Waals surface area contributed by atoms with Gasteiger partial charge >= 0.3 is 11.9 Å². The van der Waals surface area contributed by atoms with Gasteiger partial charge in [0.1, 0.15) is 12.2 Å². The van der Waals surface area contributed by atoms with Gasteiger partial charge in [-0.2, -0.15) is 0 Å². The number of rotatable bonds is 7. The van der Waals surface area contributed by atoms with Crippen LogP contribution < -0.4 is 0 Å². The van der Waals surface area contributed by atoms with Gasteiger partial charge in [0.15, 0.2) is 5.92 Å². The highest BCUT2D eigenvalue weighted by Crippen LogP contribution is 2.18. The maximum atomic E-state index is 12.6. The first-order valence-corrected chi connectivity index (χ1v) is 8.93. The van der Waals surface area contributed by atoms with Crippen molar-refractivity contribution in [3.05, 3.63) is 77.9 Å². The van der Waals surface area contributed by atoms with Crippen LogP contribution >= 0.6 is 0 Å². The summed E-state index contributed by atoms with van der Waals surface area (Å²) in [7, 11) is 0. The first-order chi connectivity index (χ1) is 12.8. The summed E-state index contributed by atoms with van der Waals surface area (Å²) in [6.45, 7) is 9.16. The summed E-state index contributed by atoms with van der Waals surface area (Å²) in [6.07, 6.45) is 1.96. The first-order valence-electron chi connectivity index (χ1n) is 8.93. The zero-order valence-corrected chi connectivity index (χ0v) is 16.1. The molecule has 2 aromatic carbocycles. The average molecular weight is 366 g/mol. The van der Waals surface area contributed by atoms with Crippen LogP contribution in [0.4, 0.5) is 0 Å². The van der Waals surface area contributed by atoms with E-state index in [0.717, 1.165) is 16.7 Å². The van der Waals surface area contributed by atoms with Crippen LogP contribution in [0, 0.1) is 5.92 Å². The lowest BCUT2D eigenvalue weighted by molar-refractivity contribution is -0.169. The number of benzene rings is 2. The van der Waals surface area contributed by atoms with E-state index in [0.29, 0.717) is 0 Å². The lowest BCUT2D eigenvalue weighted by Gasteiger charge is -2.23. The van der Waals surface area contributed by atoms with Gasteiger partial charge in [-0.15, -0.1) is 0 Å². The molecule has 0 heterocycles. The Morgan fingerprint density at radius 2 is 1.59 bits per heavy atom.